The second-order valence-electron chi connectivity index (χ2n) is 4.54. The zero-order valence-electron chi connectivity index (χ0n) is 10.2. The summed E-state index contributed by atoms with van der Waals surface area (Å²) in [5.41, 5.74) is 6.95. The van der Waals surface area contributed by atoms with Crippen LogP contribution in [0.1, 0.15) is 16.2 Å². The SMILES string of the molecule is Nc1cc(Br)cc(C(=O)N2CCn3ccnc3C2)c1. The van der Waals surface area contributed by atoms with Crippen molar-refractivity contribution in [1.82, 2.24) is 14.5 Å². The lowest BCUT2D eigenvalue weighted by Crippen LogP contribution is -2.38. The van der Waals surface area contributed by atoms with E-state index in [-0.39, 0.29) is 5.91 Å². The van der Waals surface area contributed by atoms with Crippen LogP contribution in [0.15, 0.2) is 35.1 Å². The predicted octanol–water partition coefficient (Wildman–Crippen LogP) is 1.88. The first kappa shape index (κ1) is 12.2. The number of fused-ring (bicyclic) bond motifs is 1. The molecular weight excluding hydrogens is 308 g/mol. The van der Waals surface area contributed by atoms with Crippen LogP contribution >= 0.6 is 15.9 Å². The number of anilines is 1. The number of hydrogen-bond acceptors (Lipinski definition) is 3. The lowest BCUT2D eigenvalue weighted by molar-refractivity contribution is 0.0707. The molecule has 5 nitrogen and oxygen atoms in total. The van der Waals surface area contributed by atoms with Gasteiger partial charge in [-0.25, -0.2) is 4.98 Å². The molecule has 98 valence electrons. The fourth-order valence-corrected chi connectivity index (χ4v) is 2.78. The van der Waals surface area contributed by atoms with Gasteiger partial charge in [0.05, 0.1) is 6.54 Å². The fraction of sp³-hybridized carbons (Fsp3) is 0.231. The maximum atomic E-state index is 12.4. The number of hydrogen-bond donors (Lipinski definition) is 1. The molecule has 2 N–H and O–H groups in total. The molecule has 0 saturated carbocycles. The third kappa shape index (κ3) is 2.35. The van der Waals surface area contributed by atoms with Crippen LogP contribution in [-0.2, 0) is 13.1 Å². The first-order valence-electron chi connectivity index (χ1n) is 5.99. The van der Waals surface area contributed by atoms with Gasteiger partial charge in [0.1, 0.15) is 5.82 Å². The number of nitrogens with two attached hydrogens (primary N) is 1. The Hall–Kier alpha value is -1.82. The van der Waals surface area contributed by atoms with E-state index in [4.69, 9.17) is 5.73 Å². The highest BCUT2D eigenvalue weighted by molar-refractivity contribution is 9.10. The average Bonchev–Trinajstić information content (AvgIpc) is 2.83. The summed E-state index contributed by atoms with van der Waals surface area (Å²) in [6.07, 6.45) is 3.70. The number of nitrogens with zero attached hydrogens (tertiary/aromatic N) is 3. The topological polar surface area (TPSA) is 64.2 Å². The lowest BCUT2D eigenvalue weighted by atomic mass is 10.1. The van der Waals surface area contributed by atoms with E-state index in [0.717, 1.165) is 16.8 Å². The highest BCUT2D eigenvalue weighted by Crippen LogP contribution is 2.20. The zero-order chi connectivity index (χ0) is 13.4. The second kappa shape index (κ2) is 4.70. The molecule has 0 bridgehead atoms. The molecule has 1 aliphatic heterocycles. The molecule has 0 radical (unpaired) electrons. The molecule has 19 heavy (non-hydrogen) atoms. The molecule has 0 saturated heterocycles. The van der Waals surface area contributed by atoms with E-state index in [9.17, 15) is 4.79 Å². The molecule has 0 spiro atoms. The maximum absolute atomic E-state index is 12.4. The molecule has 1 aromatic heterocycles. The molecular formula is C13H13BrN4O. The van der Waals surface area contributed by atoms with Crippen molar-refractivity contribution in [1.29, 1.82) is 0 Å². The van der Waals surface area contributed by atoms with Crippen LogP contribution in [0.4, 0.5) is 5.69 Å². The van der Waals surface area contributed by atoms with E-state index in [0.29, 0.717) is 24.3 Å². The summed E-state index contributed by atoms with van der Waals surface area (Å²) < 4.78 is 2.88. The van der Waals surface area contributed by atoms with E-state index >= 15 is 0 Å². The van der Waals surface area contributed by atoms with Gasteiger partial charge in [-0.05, 0) is 18.2 Å². The molecule has 6 heteroatoms. The Balaban J connectivity index is 1.85. The minimum atomic E-state index is -0.0118. The van der Waals surface area contributed by atoms with Crippen LogP contribution in [0.3, 0.4) is 0 Å². The third-order valence-electron chi connectivity index (χ3n) is 3.20. The molecule has 1 aliphatic rings. The summed E-state index contributed by atoms with van der Waals surface area (Å²) in [5, 5.41) is 0. The van der Waals surface area contributed by atoms with Gasteiger partial charge in [-0.1, -0.05) is 15.9 Å². The highest BCUT2D eigenvalue weighted by atomic mass is 79.9. The summed E-state index contributed by atoms with van der Waals surface area (Å²) in [7, 11) is 0. The van der Waals surface area contributed by atoms with Crippen molar-refractivity contribution in [3.8, 4) is 0 Å². The van der Waals surface area contributed by atoms with Crippen LogP contribution in [-0.4, -0.2) is 26.9 Å². The van der Waals surface area contributed by atoms with Gasteiger partial charge in [-0.2, -0.15) is 0 Å². The van der Waals surface area contributed by atoms with Crippen molar-refractivity contribution in [2.45, 2.75) is 13.1 Å². The number of carbonyl (C=O) groups is 1. The molecule has 0 fully saturated rings. The van der Waals surface area contributed by atoms with Gasteiger partial charge in [-0.15, -0.1) is 0 Å². The number of aromatic nitrogens is 2. The van der Waals surface area contributed by atoms with Gasteiger partial charge >= 0.3 is 0 Å². The van der Waals surface area contributed by atoms with Crippen LogP contribution in [0.5, 0.6) is 0 Å². The zero-order valence-corrected chi connectivity index (χ0v) is 11.8. The lowest BCUT2D eigenvalue weighted by Gasteiger charge is -2.27. The van der Waals surface area contributed by atoms with E-state index in [1.807, 2.05) is 6.20 Å². The van der Waals surface area contributed by atoms with Gasteiger partial charge < -0.3 is 15.2 Å². The summed E-state index contributed by atoms with van der Waals surface area (Å²) >= 11 is 3.36. The van der Waals surface area contributed by atoms with Gasteiger partial charge in [-0.3, -0.25) is 4.79 Å². The van der Waals surface area contributed by atoms with Gasteiger partial charge in [0.15, 0.2) is 0 Å². The summed E-state index contributed by atoms with van der Waals surface area (Å²) in [6, 6.07) is 5.27. The Morgan fingerprint density at radius 3 is 2.95 bits per heavy atom. The summed E-state index contributed by atoms with van der Waals surface area (Å²) in [6.45, 7) is 2.01. The molecule has 0 unspecified atom stereocenters. The number of nitrogen functional groups attached to an aromatic ring is 1. The fourth-order valence-electron chi connectivity index (χ4n) is 2.27. The molecule has 1 amide bonds. The molecule has 0 atom stereocenters. The number of rotatable bonds is 1. The van der Waals surface area contributed by atoms with E-state index in [1.54, 1.807) is 29.3 Å². The van der Waals surface area contributed by atoms with Gasteiger partial charge in [0.25, 0.3) is 5.91 Å². The van der Waals surface area contributed by atoms with E-state index < -0.39 is 0 Å². The van der Waals surface area contributed by atoms with Crippen LogP contribution in [0.25, 0.3) is 0 Å². The largest absolute Gasteiger partial charge is 0.399 e. The van der Waals surface area contributed by atoms with Gasteiger partial charge in [0.2, 0.25) is 0 Å². The van der Waals surface area contributed by atoms with Crippen LogP contribution in [0.2, 0.25) is 0 Å². The first-order valence-corrected chi connectivity index (χ1v) is 6.78. The number of carbonyl (C=O) groups excluding carboxylic acids is 1. The minimum absolute atomic E-state index is 0.0118. The third-order valence-corrected chi connectivity index (χ3v) is 3.66. The maximum Gasteiger partial charge on any atom is 0.254 e. The molecule has 1 aromatic carbocycles. The van der Waals surface area contributed by atoms with Crippen molar-refractivity contribution < 1.29 is 4.79 Å². The van der Waals surface area contributed by atoms with E-state index in [2.05, 4.69) is 25.5 Å². The van der Waals surface area contributed by atoms with Crippen molar-refractivity contribution in [3.63, 3.8) is 0 Å². The van der Waals surface area contributed by atoms with Crippen LogP contribution < -0.4 is 5.73 Å². The van der Waals surface area contributed by atoms with Crippen molar-refractivity contribution in [3.05, 3.63) is 46.5 Å². The Morgan fingerprint density at radius 1 is 1.32 bits per heavy atom. The quantitative estimate of drug-likeness (QED) is 0.816. The first-order chi connectivity index (χ1) is 9.13. The Morgan fingerprint density at radius 2 is 2.16 bits per heavy atom. The molecule has 0 aliphatic carbocycles. The summed E-state index contributed by atoms with van der Waals surface area (Å²) in [5.74, 6) is 0.907. The van der Waals surface area contributed by atoms with Crippen molar-refractivity contribution >= 4 is 27.5 Å². The minimum Gasteiger partial charge on any atom is -0.399 e. The molecule has 2 aromatic rings. The Labute approximate surface area is 119 Å². The monoisotopic (exact) mass is 320 g/mol. The van der Waals surface area contributed by atoms with Crippen molar-refractivity contribution in [2.75, 3.05) is 12.3 Å². The number of imidazole rings is 1. The van der Waals surface area contributed by atoms with Crippen LogP contribution in [0, 0.1) is 0 Å². The highest BCUT2D eigenvalue weighted by Gasteiger charge is 2.22. The molecule has 3 rings (SSSR count). The predicted molar refractivity (Wildman–Crippen MR) is 75.5 cm³/mol. The average molecular weight is 321 g/mol. The van der Waals surface area contributed by atoms with Gasteiger partial charge in [0, 0.05) is 41.2 Å². The normalized spacial score (nSPS) is 14.3. The number of halogens is 1. The standard InChI is InChI=1S/C13H13BrN4O/c14-10-5-9(6-11(15)7-10)13(19)18-4-3-17-2-1-16-12(17)8-18/h1-2,5-7H,3-4,8,15H2. The Kier molecular flexibility index (Phi) is 3.02. The Bertz CT molecular complexity index is 617. The van der Waals surface area contributed by atoms with E-state index in [1.165, 1.54) is 0 Å². The number of benzene rings is 1. The number of amides is 1. The summed E-state index contributed by atoms with van der Waals surface area (Å²) in [4.78, 5) is 18.5. The second-order valence-corrected chi connectivity index (χ2v) is 5.45. The smallest absolute Gasteiger partial charge is 0.254 e. The van der Waals surface area contributed by atoms with Crippen molar-refractivity contribution in [2.24, 2.45) is 0 Å². The molecule has 2 heterocycles.